The van der Waals surface area contributed by atoms with Crippen molar-refractivity contribution in [2.75, 3.05) is 18.9 Å². The molecule has 0 bridgehead atoms. The Hall–Kier alpha value is -2.53. The molecule has 12 nitrogen and oxygen atoms in total. The number of fused-ring (bicyclic) bond motifs is 1. The number of hydrogen-bond acceptors (Lipinski definition) is 9. The van der Waals surface area contributed by atoms with E-state index in [1.165, 1.54) is 14.0 Å². The van der Waals surface area contributed by atoms with Crippen molar-refractivity contribution in [3.05, 3.63) is 53.1 Å². The molecule has 2 aromatic rings. The quantitative estimate of drug-likeness (QED) is 0.199. The number of nitrogens with one attached hydrogen (secondary N) is 3. The van der Waals surface area contributed by atoms with Crippen LogP contribution in [0.4, 0.5) is 5.69 Å². The second kappa shape index (κ2) is 10.5. The minimum Gasteiger partial charge on any atom is -0.363 e. The molecule has 1 heterocycles. The summed E-state index contributed by atoms with van der Waals surface area (Å²) in [5, 5.41) is 6.38. The second-order valence-corrected chi connectivity index (χ2v) is 12.9. The van der Waals surface area contributed by atoms with Gasteiger partial charge in [-0.15, -0.1) is 0 Å². The van der Waals surface area contributed by atoms with Crippen LogP contribution in [0.5, 0.6) is 0 Å². The summed E-state index contributed by atoms with van der Waals surface area (Å²) in [5.74, 6) is -0.578. The minimum atomic E-state index is -4.30. The number of anilines is 1. The summed E-state index contributed by atoms with van der Waals surface area (Å²) in [7, 11) is -7.21. The molecular weight excluding hydrogens is 554 g/mol. The molecule has 0 aromatic heterocycles. The number of sulfonamides is 2. The number of benzene rings is 2. The van der Waals surface area contributed by atoms with Gasteiger partial charge in [0.05, 0.1) is 17.8 Å². The number of carbonyl (C=O) groups excluding carboxylic acids is 3. The normalized spacial score (nSPS) is 19.2. The Morgan fingerprint density at radius 1 is 1.28 bits per heavy atom. The summed E-state index contributed by atoms with van der Waals surface area (Å²) in [5.41, 5.74) is 2.75. The van der Waals surface area contributed by atoms with Crippen LogP contribution in [0.15, 0.2) is 52.3 Å². The fourth-order valence-corrected chi connectivity index (χ4v) is 7.00. The second-order valence-electron chi connectivity index (χ2n) is 8.01. The van der Waals surface area contributed by atoms with E-state index in [9.17, 15) is 31.2 Å². The van der Waals surface area contributed by atoms with Gasteiger partial charge in [0.1, 0.15) is 27.8 Å². The third kappa shape index (κ3) is 6.05. The lowest BCUT2D eigenvalue weighted by molar-refractivity contribution is -0.870. The number of primary sulfonamides is 1. The summed E-state index contributed by atoms with van der Waals surface area (Å²) >= 11 is 6.76. The molecule has 16 heteroatoms. The fraction of sp³-hybridized carbons (Fsp3) is 0.250. The minimum absolute atomic E-state index is 0.0251. The topological polar surface area (TPSA) is 182 Å². The van der Waals surface area contributed by atoms with Gasteiger partial charge in [0.25, 0.3) is 6.41 Å². The van der Waals surface area contributed by atoms with Gasteiger partial charge in [0.15, 0.2) is 0 Å². The molecule has 0 aliphatic carbocycles. The Morgan fingerprint density at radius 2 is 1.92 bits per heavy atom. The highest BCUT2D eigenvalue weighted by Gasteiger charge is 2.43. The third-order valence-electron chi connectivity index (χ3n) is 5.27. The Morgan fingerprint density at radius 3 is 2.50 bits per heavy atom. The van der Waals surface area contributed by atoms with E-state index in [0.717, 1.165) is 23.9 Å². The third-order valence-corrected chi connectivity index (χ3v) is 9.16. The van der Waals surface area contributed by atoms with Gasteiger partial charge in [-0.1, -0.05) is 53.7 Å². The molecule has 0 saturated carbocycles. The molecule has 0 radical (unpaired) electrons. The number of carbonyl (C=O) groups is 3. The first-order chi connectivity index (χ1) is 16.7. The monoisotopic (exact) mass is 576 g/mol. The summed E-state index contributed by atoms with van der Waals surface area (Å²) in [6.45, 7) is 1.19. The standard InChI is InChI=1S/C20H22ClN5O7S3/c1-12(34-20(29)13-6-4-3-5-7-13)19(28)26(2,23-11-27)10-18-24-15-8-14(21)16(35(22,30)31)9-17(15)36(32,33)25-18/h3-9,11-12,18,24-25H,10H2,1-2H3,(H2-,22,23,27,30,31)/p+1. The number of rotatable bonds is 8. The lowest BCUT2D eigenvalue weighted by Crippen LogP contribution is -2.67. The Kier molecular flexibility index (Phi) is 8.14. The van der Waals surface area contributed by atoms with Crippen molar-refractivity contribution < 1.29 is 35.8 Å². The summed E-state index contributed by atoms with van der Waals surface area (Å²) in [6, 6.07) is 10.3. The van der Waals surface area contributed by atoms with Crippen molar-refractivity contribution >= 4 is 66.5 Å². The molecule has 0 saturated heterocycles. The van der Waals surface area contributed by atoms with Gasteiger partial charge in [-0.3, -0.25) is 9.59 Å². The molecule has 2 aromatic carbocycles. The largest absolute Gasteiger partial charge is 0.363 e. The Balaban J connectivity index is 1.86. The van der Waals surface area contributed by atoms with E-state index >= 15 is 0 Å². The fourth-order valence-electron chi connectivity index (χ4n) is 3.58. The highest BCUT2D eigenvalue weighted by molar-refractivity contribution is 8.15. The first kappa shape index (κ1) is 28.0. The summed E-state index contributed by atoms with van der Waals surface area (Å²) < 4.78 is 50.7. The predicted octanol–water partition coefficient (Wildman–Crippen LogP) is 0.614. The number of thioether (sulfide) groups is 1. The number of halogens is 1. The van der Waals surface area contributed by atoms with E-state index < -0.39 is 51.8 Å². The van der Waals surface area contributed by atoms with E-state index in [2.05, 4.69) is 15.5 Å². The van der Waals surface area contributed by atoms with Gasteiger partial charge in [0, 0.05) is 5.56 Å². The van der Waals surface area contributed by atoms with Crippen LogP contribution in [0.2, 0.25) is 5.02 Å². The van der Waals surface area contributed by atoms with Crippen LogP contribution >= 0.6 is 23.4 Å². The number of nitrogens with zero attached hydrogens (tertiary/aromatic N) is 1. The van der Waals surface area contributed by atoms with Crippen LogP contribution in [0, 0.1) is 0 Å². The molecule has 1 aliphatic rings. The zero-order chi connectivity index (χ0) is 26.9. The van der Waals surface area contributed by atoms with Gasteiger partial charge in [-0.2, -0.15) is 14.7 Å². The zero-order valence-electron chi connectivity index (χ0n) is 19.0. The molecule has 3 unspecified atom stereocenters. The molecule has 5 N–H and O–H groups in total. The van der Waals surface area contributed by atoms with Crippen LogP contribution in [0.3, 0.4) is 0 Å². The summed E-state index contributed by atoms with van der Waals surface area (Å²) in [6.07, 6.45) is -0.836. The SMILES string of the molecule is CC(SC(=O)c1ccccc1)C(=O)[N+](C)(CC1Nc2cc(Cl)c(S(N)(=O)=O)cc2S(=O)(=O)N1)NC=O. The van der Waals surface area contributed by atoms with E-state index in [-0.39, 0.29) is 28.8 Å². The molecule has 0 spiro atoms. The highest BCUT2D eigenvalue weighted by atomic mass is 35.5. The first-order valence-electron chi connectivity index (χ1n) is 10.2. The van der Waals surface area contributed by atoms with E-state index in [1.54, 1.807) is 30.3 Å². The van der Waals surface area contributed by atoms with Crippen LogP contribution < -0.4 is 20.6 Å². The van der Waals surface area contributed by atoms with Crippen LogP contribution in [-0.4, -0.2) is 63.9 Å². The zero-order valence-corrected chi connectivity index (χ0v) is 22.2. The molecule has 36 heavy (non-hydrogen) atoms. The van der Waals surface area contributed by atoms with Crippen LogP contribution in [0.1, 0.15) is 17.3 Å². The molecule has 194 valence electrons. The number of hydrogen-bond donors (Lipinski definition) is 4. The Bertz CT molecular complexity index is 1420. The van der Waals surface area contributed by atoms with E-state index in [1.807, 2.05) is 0 Å². The van der Waals surface area contributed by atoms with Crippen LogP contribution in [0.25, 0.3) is 0 Å². The number of quaternary nitrogens is 1. The molecular formula is C20H23ClN5O7S3+. The maximum absolute atomic E-state index is 13.3. The molecule has 1 aliphatic heterocycles. The number of nitrogens with two attached hydrogens (primary N) is 1. The van der Waals surface area contributed by atoms with Crippen LogP contribution in [-0.2, 0) is 29.6 Å². The van der Waals surface area contributed by atoms with Crippen molar-refractivity contribution in [1.29, 1.82) is 0 Å². The molecule has 3 rings (SSSR count). The van der Waals surface area contributed by atoms with Gasteiger partial charge in [-0.05, 0) is 19.1 Å². The molecule has 3 atom stereocenters. The average molecular weight is 577 g/mol. The van der Waals surface area contributed by atoms with Crippen molar-refractivity contribution in [3.8, 4) is 0 Å². The average Bonchev–Trinajstić information content (AvgIpc) is 2.77. The van der Waals surface area contributed by atoms with Gasteiger partial charge < -0.3 is 5.32 Å². The van der Waals surface area contributed by atoms with E-state index in [4.69, 9.17) is 16.7 Å². The van der Waals surface area contributed by atoms with Crippen molar-refractivity contribution in [3.63, 3.8) is 0 Å². The van der Waals surface area contributed by atoms with Gasteiger partial charge >= 0.3 is 5.91 Å². The molecule has 2 amide bonds. The van der Waals surface area contributed by atoms with Crippen molar-refractivity contribution in [1.82, 2.24) is 10.1 Å². The maximum Gasteiger partial charge on any atom is 0.351 e. The summed E-state index contributed by atoms with van der Waals surface area (Å²) in [4.78, 5) is 36.2. The molecule has 0 fully saturated rings. The highest BCUT2D eigenvalue weighted by Crippen LogP contribution is 2.34. The van der Waals surface area contributed by atoms with Crippen molar-refractivity contribution in [2.45, 2.75) is 28.1 Å². The lowest BCUT2D eigenvalue weighted by Gasteiger charge is -2.36. The van der Waals surface area contributed by atoms with Crippen molar-refractivity contribution in [2.24, 2.45) is 5.14 Å². The van der Waals surface area contributed by atoms with E-state index in [0.29, 0.717) is 5.56 Å². The first-order valence-corrected chi connectivity index (χ1v) is 14.5. The van der Waals surface area contributed by atoms with Gasteiger partial charge in [-0.25, -0.2) is 26.8 Å². The lowest BCUT2D eigenvalue weighted by atomic mass is 10.2. The smallest absolute Gasteiger partial charge is 0.351 e. The Labute approximate surface area is 217 Å². The van der Waals surface area contributed by atoms with Gasteiger partial charge in [0.2, 0.25) is 25.2 Å². The predicted molar refractivity (Wildman–Crippen MR) is 134 cm³/mol. The maximum atomic E-state index is 13.3. The number of likely N-dealkylation sites (N-methyl/N-ethyl adjacent to an activating group) is 1. The number of amides is 2.